The van der Waals surface area contributed by atoms with Gasteiger partial charge in [0, 0.05) is 31.9 Å². The van der Waals surface area contributed by atoms with Crippen LogP contribution in [-0.4, -0.2) is 59.2 Å². The van der Waals surface area contributed by atoms with Gasteiger partial charge in [0.15, 0.2) is 11.6 Å². The third kappa shape index (κ3) is 3.79. The van der Waals surface area contributed by atoms with E-state index in [1.54, 1.807) is 0 Å². The van der Waals surface area contributed by atoms with Crippen LogP contribution in [0.4, 0.5) is 5.82 Å². The maximum atomic E-state index is 6.09. The molecule has 0 spiro atoms. The number of imidazole rings is 1. The summed E-state index contributed by atoms with van der Waals surface area (Å²) in [5.41, 5.74) is 5.19. The van der Waals surface area contributed by atoms with E-state index < -0.39 is 0 Å². The second-order valence-electron chi connectivity index (χ2n) is 8.48. The first-order valence-electron chi connectivity index (χ1n) is 11.0. The Morgan fingerprint density at radius 3 is 2.61 bits per heavy atom. The lowest BCUT2D eigenvalue weighted by Gasteiger charge is -2.33. The predicted octanol–water partition coefficient (Wildman–Crippen LogP) is 4.32. The predicted molar refractivity (Wildman–Crippen MR) is 146 cm³/mol. The van der Waals surface area contributed by atoms with E-state index >= 15 is 0 Å². The van der Waals surface area contributed by atoms with E-state index in [1.807, 2.05) is 26.9 Å². The Kier molecular flexibility index (Phi) is 5.86. The van der Waals surface area contributed by atoms with Gasteiger partial charge in [-0.3, -0.25) is 4.68 Å². The van der Waals surface area contributed by atoms with Crippen LogP contribution in [0.1, 0.15) is 25.5 Å². The maximum Gasteiger partial charge on any atom is 0.181 e. The third-order valence-corrected chi connectivity index (χ3v) is 9.06. The fourth-order valence-corrected chi connectivity index (χ4v) is 7.09. The molecule has 4 aromatic rings. The number of aromatic nitrogens is 7. The molecule has 2 saturated heterocycles. The second kappa shape index (κ2) is 8.72. The van der Waals surface area contributed by atoms with Crippen LogP contribution in [0.2, 0.25) is 0 Å². The summed E-state index contributed by atoms with van der Waals surface area (Å²) in [5.74, 6) is 1.78. The molecule has 0 saturated carbocycles. The molecule has 33 heavy (non-hydrogen) atoms. The van der Waals surface area contributed by atoms with Crippen molar-refractivity contribution in [3.8, 4) is 22.8 Å². The molecule has 6 heterocycles. The molecule has 4 aromatic heterocycles. The van der Waals surface area contributed by atoms with Crippen LogP contribution in [0.5, 0.6) is 0 Å². The molecule has 0 aromatic carbocycles. The van der Waals surface area contributed by atoms with E-state index in [2.05, 4.69) is 79.8 Å². The van der Waals surface area contributed by atoms with E-state index in [-0.39, 0.29) is 12.2 Å². The molecule has 6 rings (SSSR count). The van der Waals surface area contributed by atoms with Crippen LogP contribution >= 0.6 is 51.0 Å². The zero-order chi connectivity index (χ0) is 22.7. The molecule has 172 valence electrons. The van der Waals surface area contributed by atoms with Gasteiger partial charge in [-0.05, 0) is 82.1 Å². The van der Waals surface area contributed by atoms with Gasteiger partial charge in [-0.2, -0.15) is 10.2 Å². The fraction of sp³-hybridized carbons (Fsp3) is 0.429. The van der Waals surface area contributed by atoms with Crippen LogP contribution < -0.4 is 4.90 Å². The standard InChI is InChI=1S/C21H23I2N8OP/c1-3-12-8-17(31(26-12)33-23)21-25-20(22)19-15(16-6-7-24-28(16)2)9-18(27-30(19)21)29-10-13-4-5-14(11-29)32-13/h6-9,13-14,33H,3-5,10-11H2,1-2H3. The summed E-state index contributed by atoms with van der Waals surface area (Å²) < 4.78 is 13.0. The van der Waals surface area contributed by atoms with E-state index in [9.17, 15) is 0 Å². The van der Waals surface area contributed by atoms with Crippen molar-refractivity contribution in [3.05, 3.63) is 33.8 Å². The van der Waals surface area contributed by atoms with Gasteiger partial charge in [0.1, 0.15) is 14.9 Å². The summed E-state index contributed by atoms with van der Waals surface area (Å²) in [6, 6.07) is 6.39. The number of halogens is 2. The van der Waals surface area contributed by atoms with Gasteiger partial charge < -0.3 is 9.64 Å². The number of morpholine rings is 1. The minimum Gasteiger partial charge on any atom is -0.371 e. The molecule has 0 amide bonds. The lowest BCUT2D eigenvalue weighted by molar-refractivity contribution is 0.0301. The lowest BCUT2D eigenvalue weighted by atomic mass is 10.1. The normalized spacial score (nSPS) is 20.7. The van der Waals surface area contributed by atoms with Crippen molar-refractivity contribution in [2.45, 2.75) is 38.4 Å². The fourth-order valence-electron chi connectivity index (χ4n) is 4.82. The third-order valence-electron chi connectivity index (χ3n) is 6.44. The summed E-state index contributed by atoms with van der Waals surface area (Å²) in [6.07, 6.45) is 6.04. The molecule has 9 nitrogen and oxygen atoms in total. The van der Waals surface area contributed by atoms with Crippen molar-refractivity contribution >= 4 is 62.3 Å². The van der Waals surface area contributed by atoms with Crippen LogP contribution in [0, 0.1) is 3.70 Å². The number of aryl methyl sites for hydroxylation is 2. The highest BCUT2D eigenvalue weighted by Crippen LogP contribution is 2.37. The summed E-state index contributed by atoms with van der Waals surface area (Å²) in [7, 11) is 1.98. The molecule has 2 aliphatic rings. The number of nitrogens with zero attached hydrogens (tertiary/aromatic N) is 8. The van der Waals surface area contributed by atoms with Crippen LogP contribution in [0.3, 0.4) is 0 Å². The Morgan fingerprint density at radius 2 is 1.94 bits per heavy atom. The zero-order valence-corrected chi connectivity index (χ0v) is 23.6. The van der Waals surface area contributed by atoms with E-state index in [4.69, 9.17) is 19.9 Å². The van der Waals surface area contributed by atoms with Crippen molar-refractivity contribution < 1.29 is 4.74 Å². The van der Waals surface area contributed by atoms with E-state index in [1.165, 1.54) is 0 Å². The maximum absolute atomic E-state index is 6.09. The summed E-state index contributed by atoms with van der Waals surface area (Å²) in [6.45, 7) is 3.87. The molecule has 0 N–H and O–H groups in total. The Hall–Kier alpha value is -1.31. The SMILES string of the molecule is CCc1cc(-c2nc(I)c3c(-c4ccnn4C)cc(N4CC5CCC(C4)O5)nn23)n(PI)n1. The first-order valence-corrected chi connectivity index (χ1v) is 16.1. The molecular weight excluding hydrogens is 665 g/mol. The van der Waals surface area contributed by atoms with Crippen molar-refractivity contribution in [3.63, 3.8) is 0 Å². The van der Waals surface area contributed by atoms with E-state index in [0.29, 0.717) is 6.37 Å². The lowest BCUT2D eigenvalue weighted by Crippen LogP contribution is -2.43. The zero-order valence-electron chi connectivity index (χ0n) is 18.2. The van der Waals surface area contributed by atoms with E-state index in [0.717, 1.165) is 75.9 Å². The number of fused-ring (bicyclic) bond motifs is 3. The number of hydrogen-bond donors (Lipinski definition) is 0. The number of hydrogen-bond acceptors (Lipinski definition) is 6. The van der Waals surface area contributed by atoms with Gasteiger partial charge in [0.2, 0.25) is 0 Å². The smallest absolute Gasteiger partial charge is 0.181 e. The average Bonchev–Trinajstić information content (AvgIpc) is 3.59. The van der Waals surface area contributed by atoms with Gasteiger partial charge in [-0.15, -0.1) is 5.10 Å². The summed E-state index contributed by atoms with van der Waals surface area (Å²) in [5, 5.41) is 14.3. The highest BCUT2D eigenvalue weighted by molar-refractivity contribution is 14.2. The summed E-state index contributed by atoms with van der Waals surface area (Å²) in [4.78, 5) is 7.37. The molecule has 0 radical (unpaired) electrons. The topological polar surface area (TPSA) is 78.3 Å². The number of rotatable bonds is 5. The molecule has 2 fully saturated rings. The van der Waals surface area contributed by atoms with Gasteiger partial charge >= 0.3 is 0 Å². The monoisotopic (exact) mass is 688 g/mol. The molecule has 2 bridgehead atoms. The highest BCUT2D eigenvalue weighted by atomic mass is 127. The Balaban J connectivity index is 1.59. The molecule has 0 aliphatic carbocycles. The van der Waals surface area contributed by atoms with Gasteiger partial charge in [0.25, 0.3) is 0 Å². The molecule has 12 heteroatoms. The molecule has 3 atom stereocenters. The Labute approximate surface area is 219 Å². The highest BCUT2D eigenvalue weighted by Gasteiger charge is 2.35. The van der Waals surface area contributed by atoms with Gasteiger partial charge in [-0.1, -0.05) is 6.92 Å². The molecular formula is C21H23I2N8OP. The van der Waals surface area contributed by atoms with Crippen LogP contribution in [-0.2, 0) is 18.2 Å². The second-order valence-corrected chi connectivity index (χ2v) is 11.5. The van der Waals surface area contributed by atoms with Crippen molar-refractivity contribution in [2.75, 3.05) is 18.0 Å². The van der Waals surface area contributed by atoms with Crippen molar-refractivity contribution in [2.24, 2.45) is 7.05 Å². The van der Waals surface area contributed by atoms with Crippen molar-refractivity contribution in [1.29, 1.82) is 0 Å². The first kappa shape index (κ1) is 22.2. The van der Waals surface area contributed by atoms with Gasteiger partial charge in [0.05, 0.1) is 30.0 Å². The summed E-state index contributed by atoms with van der Waals surface area (Å²) >= 11 is 4.70. The minimum atomic E-state index is 0.289. The number of anilines is 1. The quantitative estimate of drug-likeness (QED) is 0.230. The Bertz CT molecular complexity index is 1340. The number of ether oxygens (including phenoxy) is 1. The van der Waals surface area contributed by atoms with Crippen molar-refractivity contribution in [1.82, 2.24) is 33.9 Å². The Morgan fingerprint density at radius 1 is 1.15 bits per heavy atom. The van der Waals surface area contributed by atoms with Gasteiger partial charge in [-0.25, -0.2) is 14.0 Å². The average molecular weight is 688 g/mol. The first-order chi connectivity index (χ1) is 16.1. The largest absolute Gasteiger partial charge is 0.371 e. The molecule has 3 unspecified atom stereocenters. The van der Waals surface area contributed by atoms with Crippen LogP contribution in [0.15, 0.2) is 24.4 Å². The van der Waals surface area contributed by atoms with Crippen LogP contribution in [0.25, 0.3) is 28.3 Å². The molecule has 2 aliphatic heterocycles. The minimum absolute atomic E-state index is 0.289.